The second-order valence-corrected chi connectivity index (χ2v) is 5.20. The van der Waals surface area contributed by atoms with Crippen molar-refractivity contribution in [2.24, 2.45) is 0 Å². The van der Waals surface area contributed by atoms with Gasteiger partial charge in [-0.15, -0.1) is 0 Å². The van der Waals surface area contributed by atoms with E-state index in [0.29, 0.717) is 12.6 Å². The second-order valence-electron chi connectivity index (χ2n) is 5.20. The first-order valence-electron chi connectivity index (χ1n) is 6.91. The molecule has 5 heteroatoms. The number of carbonyl (C=O) groups excluding carboxylic acids is 1. The van der Waals surface area contributed by atoms with Crippen LogP contribution in [-0.2, 0) is 9.47 Å². The van der Waals surface area contributed by atoms with Gasteiger partial charge in [0.1, 0.15) is 6.61 Å². The lowest BCUT2D eigenvalue weighted by molar-refractivity contribution is 0.0178. The summed E-state index contributed by atoms with van der Waals surface area (Å²) in [4.78, 5) is 13.6. The molecule has 1 amide bonds. The molecule has 2 aliphatic heterocycles. The van der Waals surface area contributed by atoms with Crippen LogP contribution in [0.3, 0.4) is 0 Å². The molecule has 0 radical (unpaired) electrons. The Labute approximate surface area is 109 Å². The third-order valence-corrected chi connectivity index (χ3v) is 4.22. The first-order chi connectivity index (χ1) is 8.72. The molecule has 104 valence electrons. The van der Waals surface area contributed by atoms with Crippen molar-refractivity contribution in [1.29, 1.82) is 0 Å². The highest BCUT2D eigenvalue weighted by Crippen LogP contribution is 2.42. The quantitative estimate of drug-likeness (QED) is 0.807. The van der Waals surface area contributed by atoms with Gasteiger partial charge in [0.05, 0.1) is 6.61 Å². The largest absolute Gasteiger partial charge is 0.448 e. The zero-order chi connectivity index (χ0) is 13.0. The summed E-state index contributed by atoms with van der Waals surface area (Å²) >= 11 is 0. The molecule has 2 aliphatic rings. The first kappa shape index (κ1) is 13.6. The molecule has 5 nitrogen and oxygen atoms in total. The van der Waals surface area contributed by atoms with E-state index < -0.39 is 0 Å². The van der Waals surface area contributed by atoms with Gasteiger partial charge in [0, 0.05) is 25.2 Å². The van der Waals surface area contributed by atoms with E-state index in [1.165, 1.54) is 12.8 Å². The van der Waals surface area contributed by atoms with Gasteiger partial charge in [-0.1, -0.05) is 0 Å². The minimum atomic E-state index is -0.337. The lowest BCUT2D eigenvalue weighted by atomic mass is 9.95. The Bertz CT molecular complexity index is 298. The molecule has 0 unspecified atom stereocenters. The Kier molecular flexibility index (Phi) is 4.45. The number of fused-ring (bicyclic) bond motifs is 1. The van der Waals surface area contributed by atoms with Crippen LogP contribution >= 0.6 is 0 Å². The van der Waals surface area contributed by atoms with E-state index in [2.05, 4.69) is 10.2 Å². The lowest BCUT2D eigenvalue weighted by Gasteiger charge is -2.34. The van der Waals surface area contributed by atoms with Gasteiger partial charge in [-0.25, -0.2) is 4.79 Å². The smallest absolute Gasteiger partial charge is 0.406 e. The van der Waals surface area contributed by atoms with Crippen LogP contribution in [0.5, 0.6) is 0 Å². The summed E-state index contributed by atoms with van der Waals surface area (Å²) in [5, 5.41) is 2.49. The predicted molar refractivity (Wildman–Crippen MR) is 68.6 cm³/mol. The molecule has 2 atom stereocenters. The van der Waals surface area contributed by atoms with Crippen molar-refractivity contribution < 1.29 is 14.3 Å². The van der Waals surface area contributed by atoms with Crippen LogP contribution in [0.2, 0.25) is 0 Å². The number of rotatable bonds is 5. The highest BCUT2D eigenvalue weighted by molar-refractivity contribution is 5.66. The monoisotopic (exact) mass is 256 g/mol. The Morgan fingerprint density at radius 1 is 1.50 bits per heavy atom. The Morgan fingerprint density at radius 2 is 2.33 bits per heavy atom. The fraction of sp³-hybridized carbons (Fsp3) is 0.923. The number of hydrogen-bond acceptors (Lipinski definition) is 4. The van der Waals surface area contributed by atoms with Crippen LogP contribution in [0.25, 0.3) is 0 Å². The fourth-order valence-corrected chi connectivity index (χ4v) is 3.33. The van der Waals surface area contributed by atoms with Crippen LogP contribution in [0, 0.1) is 0 Å². The van der Waals surface area contributed by atoms with Crippen LogP contribution in [0.1, 0.15) is 32.6 Å². The number of hydrogen-bond donors (Lipinski definition) is 1. The van der Waals surface area contributed by atoms with E-state index in [4.69, 9.17) is 9.47 Å². The normalized spacial score (nSPS) is 31.3. The van der Waals surface area contributed by atoms with Crippen LogP contribution in [0.4, 0.5) is 4.79 Å². The predicted octanol–water partition coefficient (Wildman–Crippen LogP) is 1.38. The molecule has 0 aromatic rings. The molecule has 0 aliphatic carbocycles. The number of nitrogens with one attached hydrogen (secondary N) is 1. The third kappa shape index (κ3) is 2.62. The first-order valence-corrected chi connectivity index (χ1v) is 6.91. The molecule has 2 fully saturated rings. The zero-order valence-corrected chi connectivity index (χ0v) is 11.4. The maximum Gasteiger partial charge on any atom is 0.406 e. The third-order valence-electron chi connectivity index (χ3n) is 4.22. The molecule has 0 saturated carbocycles. The average Bonchev–Trinajstić information content (AvgIpc) is 2.93. The molecule has 0 spiro atoms. The minimum absolute atomic E-state index is 0.215. The summed E-state index contributed by atoms with van der Waals surface area (Å²) in [6.45, 7) is 5.23. The van der Waals surface area contributed by atoms with Crippen LogP contribution in [-0.4, -0.2) is 56.0 Å². The van der Waals surface area contributed by atoms with Gasteiger partial charge in [-0.3, -0.25) is 4.90 Å². The molecular weight excluding hydrogens is 232 g/mol. The molecule has 2 rings (SSSR count). The average molecular weight is 256 g/mol. The van der Waals surface area contributed by atoms with Crippen molar-refractivity contribution in [3.05, 3.63) is 0 Å². The molecule has 1 N–H and O–H groups in total. The highest BCUT2D eigenvalue weighted by Gasteiger charge is 2.49. The molecule has 0 bridgehead atoms. The van der Waals surface area contributed by atoms with Gasteiger partial charge in [0.2, 0.25) is 0 Å². The number of amides is 1. The standard InChI is InChI=1S/C13H24N2O3/c1-3-17-10-13-6-4-8-15(13)11(5-7-13)9-18-12(16)14-2/h11H,3-10H2,1-2H3,(H,14,16)/t11-,13-/m1/s1. The number of nitrogens with zero attached hydrogens (tertiary/aromatic N) is 1. The molecule has 0 aromatic heterocycles. The summed E-state index contributed by atoms with van der Waals surface area (Å²) in [6.07, 6.45) is 4.36. The Balaban J connectivity index is 1.90. The summed E-state index contributed by atoms with van der Waals surface area (Å²) in [5.41, 5.74) is 0.215. The van der Waals surface area contributed by atoms with Crippen LogP contribution in [0.15, 0.2) is 0 Å². The Morgan fingerprint density at radius 3 is 3.06 bits per heavy atom. The van der Waals surface area contributed by atoms with Gasteiger partial charge in [-0.05, 0) is 39.2 Å². The van der Waals surface area contributed by atoms with E-state index in [1.807, 2.05) is 6.92 Å². The van der Waals surface area contributed by atoms with Gasteiger partial charge in [0.15, 0.2) is 0 Å². The van der Waals surface area contributed by atoms with E-state index in [0.717, 1.165) is 32.6 Å². The van der Waals surface area contributed by atoms with Gasteiger partial charge in [-0.2, -0.15) is 0 Å². The summed E-state index contributed by atoms with van der Waals surface area (Å²) in [7, 11) is 1.59. The Hall–Kier alpha value is -0.810. The number of alkyl carbamates (subject to hydrolysis) is 1. The van der Waals surface area contributed by atoms with E-state index in [-0.39, 0.29) is 11.6 Å². The molecule has 18 heavy (non-hydrogen) atoms. The van der Waals surface area contributed by atoms with Crippen molar-refractivity contribution >= 4 is 6.09 Å². The van der Waals surface area contributed by atoms with Crippen molar-refractivity contribution in [1.82, 2.24) is 10.2 Å². The van der Waals surface area contributed by atoms with Crippen LogP contribution < -0.4 is 5.32 Å². The number of ether oxygens (including phenoxy) is 2. The van der Waals surface area contributed by atoms with Crippen molar-refractivity contribution in [2.75, 3.05) is 33.4 Å². The maximum atomic E-state index is 11.1. The molecule has 2 heterocycles. The summed E-state index contributed by atoms with van der Waals surface area (Å²) in [6, 6.07) is 0.366. The van der Waals surface area contributed by atoms with E-state index in [9.17, 15) is 4.79 Å². The lowest BCUT2D eigenvalue weighted by Crippen LogP contribution is -2.47. The van der Waals surface area contributed by atoms with E-state index in [1.54, 1.807) is 7.05 Å². The zero-order valence-electron chi connectivity index (χ0n) is 11.4. The van der Waals surface area contributed by atoms with E-state index >= 15 is 0 Å². The number of carbonyl (C=O) groups is 1. The van der Waals surface area contributed by atoms with Gasteiger partial charge < -0.3 is 14.8 Å². The van der Waals surface area contributed by atoms with Gasteiger partial charge in [0.25, 0.3) is 0 Å². The SMILES string of the molecule is CCOC[C@]12CCCN1[C@@H](COC(=O)NC)CC2. The molecule has 0 aromatic carbocycles. The van der Waals surface area contributed by atoms with Gasteiger partial charge >= 0.3 is 6.09 Å². The van der Waals surface area contributed by atoms with Crippen molar-refractivity contribution in [3.8, 4) is 0 Å². The molecular formula is C13H24N2O3. The van der Waals surface area contributed by atoms with Crippen molar-refractivity contribution in [3.63, 3.8) is 0 Å². The summed E-state index contributed by atoms with van der Waals surface area (Å²) in [5.74, 6) is 0. The molecule has 2 saturated heterocycles. The summed E-state index contributed by atoms with van der Waals surface area (Å²) < 4.78 is 10.9. The second kappa shape index (κ2) is 5.89. The highest BCUT2D eigenvalue weighted by atomic mass is 16.5. The maximum absolute atomic E-state index is 11.1. The minimum Gasteiger partial charge on any atom is -0.448 e. The van der Waals surface area contributed by atoms with Crippen molar-refractivity contribution in [2.45, 2.75) is 44.2 Å². The fourth-order valence-electron chi connectivity index (χ4n) is 3.33. The topological polar surface area (TPSA) is 50.8 Å².